The van der Waals surface area contributed by atoms with Crippen LogP contribution < -0.4 is 15.2 Å². The molecule has 1 aromatic carbocycles. The van der Waals surface area contributed by atoms with Crippen molar-refractivity contribution in [2.75, 3.05) is 33.9 Å². The molecular formula is C16H26N2O2. The Morgan fingerprint density at radius 3 is 2.50 bits per heavy atom. The first-order valence-electron chi connectivity index (χ1n) is 7.35. The van der Waals surface area contributed by atoms with Crippen LogP contribution in [0.5, 0.6) is 11.5 Å². The van der Waals surface area contributed by atoms with E-state index in [9.17, 15) is 0 Å². The highest BCUT2D eigenvalue weighted by Crippen LogP contribution is 2.34. The second-order valence-corrected chi connectivity index (χ2v) is 5.58. The van der Waals surface area contributed by atoms with Crippen LogP contribution in [0.3, 0.4) is 0 Å². The molecule has 0 aliphatic carbocycles. The van der Waals surface area contributed by atoms with Gasteiger partial charge < -0.3 is 15.2 Å². The molecule has 4 nitrogen and oxygen atoms in total. The van der Waals surface area contributed by atoms with E-state index in [2.05, 4.69) is 17.9 Å². The molecule has 112 valence electrons. The highest BCUT2D eigenvalue weighted by Gasteiger charge is 2.25. The van der Waals surface area contributed by atoms with Crippen molar-refractivity contribution in [1.29, 1.82) is 0 Å². The summed E-state index contributed by atoms with van der Waals surface area (Å²) in [4.78, 5) is 2.48. The third-order valence-electron chi connectivity index (χ3n) is 4.28. The molecule has 1 heterocycles. The minimum absolute atomic E-state index is 0.225. The molecule has 1 saturated heterocycles. The molecule has 0 bridgehead atoms. The van der Waals surface area contributed by atoms with Crippen molar-refractivity contribution >= 4 is 0 Å². The van der Waals surface area contributed by atoms with Gasteiger partial charge in [-0.2, -0.15) is 0 Å². The van der Waals surface area contributed by atoms with Crippen LogP contribution in [0, 0.1) is 5.92 Å². The Hall–Kier alpha value is -1.26. The number of nitrogens with zero attached hydrogens (tertiary/aromatic N) is 1. The fraction of sp³-hybridized carbons (Fsp3) is 0.625. The van der Waals surface area contributed by atoms with Crippen LogP contribution in [0.15, 0.2) is 18.2 Å². The van der Waals surface area contributed by atoms with Crippen LogP contribution in [0.4, 0.5) is 0 Å². The number of benzene rings is 1. The standard InChI is InChI=1S/C16H26N2O2/c1-12-6-8-18(9-7-12)15(11-17)14-5-4-13(19-2)10-16(14)20-3/h4-5,10,12,15H,6-9,11,17H2,1-3H3/t15-/m0/s1. The molecule has 0 amide bonds. The van der Waals surface area contributed by atoms with E-state index in [1.807, 2.05) is 12.1 Å². The lowest BCUT2D eigenvalue weighted by atomic mass is 9.95. The molecule has 2 N–H and O–H groups in total. The van der Waals surface area contributed by atoms with Gasteiger partial charge in [-0.05, 0) is 37.9 Å². The molecule has 0 saturated carbocycles. The minimum atomic E-state index is 0.225. The van der Waals surface area contributed by atoms with Crippen molar-refractivity contribution in [1.82, 2.24) is 4.90 Å². The van der Waals surface area contributed by atoms with Gasteiger partial charge in [0.2, 0.25) is 0 Å². The Labute approximate surface area is 121 Å². The number of hydrogen-bond donors (Lipinski definition) is 1. The molecule has 20 heavy (non-hydrogen) atoms. The maximum Gasteiger partial charge on any atom is 0.127 e. The van der Waals surface area contributed by atoms with Crippen LogP contribution >= 0.6 is 0 Å². The maximum atomic E-state index is 6.04. The van der Waals surface area contributed by atoms with E-state index in [-0.39, 0.29) is 6.04 Å². The maximum absolute atomic E-state index is 6.04. The monoisotopic (exact) mass is 278 g/mol. The van der Waals surface area contributed by atoms with Crippen molar-refractivity contribution in [2.24, 2.45) is 11.7 Å². The van der Waals surface area contributed by atoms with Gasteiger partial charge in [-0.15, -0.1) is 0 Å². The first-order chi connectivity index (χ1) is 9.69. The largest absolute Gasteiger partial charge is 0.497 e. The molecule has 0 spiro atoms. The molecular weight excluding hydrogens is 252 g/mol. The summed E-state index contributed by atoms with van der Waals surface area (Å²) in [6.45, 7) is 5.15. The number of rotatable bonds is 5. The summed E-state index contributed by atoms with van der Waals surface area (Å²) in [5.74, 6) is 2.49. The van der Waals surface area contributed by atoms with Gasteiger partial charge in [-0.25, -0.2) is 0 Å². The third kappa shape index (κ3) is 3.25. The zero-order valence-corrected chi connectivity index (χ0v) is 12.8. The molecule has 2 rings (SSSR count). The van der Waals surface area contributed by atoms with E-state index in [1.165, 1.54) is 12.8 Å². The van der Waals surface area contributed by atoms with Gasteiger partial charge in [-0.1, -0.05) is 13.0 Å². The Kier molecular flexibility index (Phi) is 5.26. The quantitative estimate of drug-likeness (QED) is 0.898. The normalized spacial score (nSPS) is 18.8. The lowest BCUT2D eigenvalue weighted by molar-refractivity contribution is 0.139. The molecule has 0 unspecified atom stereocenters. The first kappa shape index (κ1) is 15.1. The number of nitrogens with two attached hydrogens (primary N) is 1. The fourth-order valence-electron chi connectivity index (χ4n) is 2.91. The Balaban J connectivity index is 2.22. The van der Waals surface area contributed by atoms with E-state index in [0.717, 1.165) is 36.1 Å². The van der Waals surface area contributed by atoms with E-state index in [1.54, 1.807) is 14.2 Å². The molecule has 4 heteroatoms. The lowest BCUT2D eigenvalue weighted by Gasteiger charge is -2.36. The molecule has 1 atom stereocenters. The summed E-state index contributed by atoms with van der Waals surface area (Å²) >= 11 is 0. The zero-order chi connectivity index (χ0) is 14.5. The fourth-order valence-corrected chi connectivity index (χ4v) is 2.91. The average Bonchev–Trinajstić information content (AvgIpc) is 2.50. The predicted molar refractivity (Wildman–Crippen MR) is 81.3 cm³/mol. The smallest absolute Gasteiger partial charge is 0.127 e. The van der Waals surface area contributed by atoms with E-state index in [4.69, 9.17) is 15.2 Å². The average molecular weight is 278 g/mol. The molecule has 1 aromatic rings. The molecule has 1 aliphatic heterocycles. The van der Waals surface area contributed by atoms with E-state index >= 15 is 0 Å². The Morgan fingerprint density at radius 1 is 1.25 bits per heavy atom. The van der Waals surface area contributed by atoms with Gasteiger partial charge >= 0.3 is 0 Å². The van der Waals surface area contributed by atoms with Gasteiger partial charge in [0.05, 0.1) is 20.3 Å². The highest BCUT2D eigenvalue weighted by molar-refractivity contribution is 5.42. The molecule has 1 fully saturated rings. The van der Waals surface area contributed by atoms with E-state index in [0.29, 0.717) is 6.54 Å². The van der Waals surface area contributed by atoms with Gasteiger partial charge in [0.1, 0.15) is 11.5 Å². The summed E-state index contributed by atoms with van der Waals surface area (Å²) in [6.07, 6.45) is 2.49. The summed E-state index contributed by atoms with van der Waals surface area (Å²) < 4.78 is 10.8. The van der Waals surface area contributed by atoms with E-state index < -0.39 is 0 Å². The molecule has 0 aromatic heterocycles. The van der Waals surface area contributed by atoms with Gasteiger partial charge in [-0.3, -0.25) is 4.90 Å². The number of likely N-dealkylation sites (tertiary alicyclic amines) is 1. The first-order valence-corrected chi connectivity index (χ1v) is 7.35. The van der Waals surface area contributed by atoms with Crippen LogP contribution in [-0.2, 0) is 0 Å². The second-order valence-electron chi connectivity index (χ2n) is 5.58. The number of ether oxygens (including phenoxy) is 2. The number of piperidine rings is 1. The van der Waals surface area contributed by atoms with Crippen molar-refractivity contribution in [3.8, 4) is 11.5 Å². The topological polar surface area (TPSA) is 47.7 Å². The summed E-state index contributed by atoms with van der Waals surface area (Å²) in [5, 5.41) is 0. The van der Waals surface area contributed by atoms with Crippen molar-refractivity contribution in [3.05, 3.63) is 23.8 Å². The van der Waals surface area contributed by atoms with Gasteiger partial charge in [0.15, 0.2) is 0 Å². The summed E-state index contributed by atoms with van der Waals surface area (Å²) in [5.41, 5.74) is 7.19. The van der Waals surface area contributed by atoms with Crippen molar-refractivity contribution < 1.29 is 9.47 Å². The highest BCUT2D eigenvalue weighted by atomic mass is 16.5. The van der Waals surface area contributed by atoms with Gasteiger partial charge in [0, 0.05) is 18.2 Å². The second kappa shape index (κ2) is 6.95. The van der Waals surface area contributed by atoms with Gasteiger partial charge in [0.25, 0.3) is 0 Å². The minimum Gasteiger partial charge on any atom is -0.497 e. The molecule has 0 radical (unpaired) electrons. The van der Waals surface area contributed by atoms with Crippen molar-refractivity contribution in [3.63, 3.8) is 0 Å². The van der Waals surface area contributed by atoms with Crippen molar-refractivity contribution in [2.45, 2.75) is 25.8 Å². The summed E-state index contributed by atoms with van der Waals surface area (Å²) in [7, 11) is 3.37. The zero-order valence-electron chi connectivity index (χ0n) is 12.8. The van der Waals surface area contributed by atoms with Crippen LogP contribution in [0.1, 0.15) is 31.4 Å². The SMILES string of the molecule is COc1ccc([C@H](CN)N2CCC(C)CC2)c(OC)c1. The molecule has 1 aliphatic rings. The van der Waals surface area contributed by atoms with Crippen LogP contribution in [0.2, 0.25) is 0 Å². The van der Waals surface area contributed by atoms with Crippen LogP contribution in [-0.4, -0.2) is 38.8 Å². The summed E-state index contributed by atoms with van der Waals surface area (Å²) in [6, 6.07) is 6.22. The number of hydrogen-bond acceptors (Lipinski definition) is 4. The Morgan fingerprint density at radius 2 is 1.95 bits per heavy atom. The third-order valence-corrected chi connectivity index (χ3v) is 4.28. The van der Waals surface area contributed by atoms with Crippen LogP contribution in [0.25, 0.3) is 0 Å². The predicted octanol–water partition coefficient (Wildman–Crippen LogP) is 2.44. The Bertz CT molecular complexity index is 428. The number of methoxy groups -OCH3 is 2. The lowest BCUT2D eigenvalue weighted by Crippen LogP contribution is -2.39.